The van der Waals surface area contributed by atoms with Crippen molar-refractivity contribution in [3.05, 3.63) is 65.2 Å². The van der Waals surface area contributed by atoms with Gasteiger partial charge in [-0.2, -0.15) is 5.26 Å². The highest BCUT2D eigenvalue weighted by molar-refractivity contribution is 5.58. The van der Waals surface area contributed by atoms with Crippen LogP contribution in [-0.2, 0) is 0 Å². The number of hydrogen-bond acceptors (Lipinski definition) is 2. The molecule has 1 atom stereocenters. The molecule has 0 saturated heterocycles. The summed E-state index contributed by atoms with van der Waals surface area (Å²) in [5, 5.41) is 12.1. The predicted molar refractivity (Wildman–Crippen MR) is 74.2 cm³/mol. The largest absolute Gasteiger partial charge is 0.377 e. The minimum atomic E-state index is -0.467. The van der Waals surface area contributed by atoms with Gasteiger partial charge in [-0.1, -0.05) is 25.1 Å². The molecule has 0 amide bonds. The molecule has 0 spiro atoms. The zero-order valence-corrected chi connectivity index (χ0v) is 11.0. The Hall–Kier alpha value is -2.41. The molecule has 2 rings (SSSR count). The van der Waals surface area contributed by atoms with E-state index in [2.05, 4.69) is 5.32 Å². The maximum absolute atomic E-state index is 13.8. The molecule has 20 heavy (non-hydrogen) atoms. The van der Waals surface area contributed by atoms with Gasteiger partial charge < -0.3 is 5.32 Å². The first-order valence-corrected chi connectivity index (χ1v) is 6.36. The SMILES string of the molecule is CCC(Nc1ccc(F)cc1C#N)c1ccccc1F. The molecule has 2 nitrogen and oxygen atoms in total. The van der Waals surface area contributed by atoms with Crippen LogP contribution in [0.2, 0.25) is 0 Å². The van der Waals surface area contributed by atoms with Crippen LogP contribution in [0.3, 0.4) is 0 Å². The molecule has 1 unspecified atom stereocenters. The molecule has 0 aromatic heterocycles. The number of rotatable bonds is 4. The number of hydrogen-bond donors (Lipinski definition) is 1. The van der Waals surface area contributed by atoms with E-state index in [4.69, 9.17) is 5.26 Å². The topological polar surface area (TPSA) is 35.8 Å². The van der Waals surface area contributed by atoms with Crippen molar-refractivity contribution in [3.8, 4) is 6.07 Å². The van der Waals surface area contributed by atoms with E-state index in [9.17, 15) is 8.78 Å². The first-order chi connectivity index (χ1) is 9.65. The van der Waals surface area contributed by atoms with Gasteiger partial charge in [0, 0.05) is 5.56 Å². The molecule has 0 heterocycles. The van der Waals surface area contributed by atoms with Crippen LogP contribution in [0.25, 0.3) is 0 Å². The van der Waals surface area contributed by atoms with Crippen molar-refractivity contribution in [2.24, 2.45) is 0 Å². The minimum Gasteiger partial charge on any atom is -0.377 e. The predicted octanol–water partition coefficient (Wildman–Crippen LogP) is 4.40. The van der Waals surface area contributed by atoms with E-state index in [0.717, 1.165) is 6.07 Å². The quantitative estimate of drug-likeness (QED) is 0.895. The fraction of sp³-hybridized carbons (Fsp3) is 0.188. The van der Waals surface area contributed by atoms with Crippen LogP contribution < -0.4 is 5.32 Å². The number of benzene rings is 2. The van der Waals surface area contributed by atoms with E-state index in [1.165, 1.54) is 18.2 Å². The fourth-order valence-corrected chi connectivity index (χ4v) is 2.08. The van der Waals surface area contributed by atoms with Gasteiger partial charge in [-0.05, 0) is 30.7 Å². The Morgan fingerprint density at radius 3 is 2.60 bits per heavy atom. The number of halogens is 2. The highest BCUT2D eigenvalue weighted by Gasteiger charge is 2.15. The zero-order valence-electron chi connectivity index (χ0n) is 11.0. The third-order valence-electron chi connectivity index (χ3n) is 3.12. The Balaban J connectivity index is 2.32. The average Bonchev–Trinajstić information content (AvgIpc) is 2.47. The van der Waals surface area contributed by atoms with Crippen molar-refractivity contribution in [1.29, 1.82) is 5.26 Å². The summed E-state index contributed by atoms with van der Waals surface area (Å²) in [7, 11) is 0. The smallest absolute Gasteiger partial charge is 0.128 e. The molecule has 1 N–H and O–H groups in total. The Kier molecular flexibility index (Phi) is 4.31. The highest BCUT2D eigenvalue weighted by atomic mass is 19.1. The van der Waals surface area contributed by atoms with E-state index in [1.54, 1.807) is 18.2 Å². The molecule has 0 saturated carbocycles. The molecule has 0 aliphatic heterocycles. The van der Waals surface area contributed by atoms with Crippen LogP contribution in [0.4, 0.5) is 14.5 Å². The van der Waals surface area contributed by atoms with Crippen molar-refractivity contribution in [3.63, 3.8) is 0 Å². The van der Waals surface area contributed by atoms with Gasteiger partial charge in [0.05, 0.1) is 17.3 Å². The third kappa shape index (κ3) is 2.94. The fourth-order valence-electron chi connectivity index (χ4n) is 2.08. The molecular weight excluding hydrogens is 258 g/mol. The van der Waals surface area contributed by atoms with Crippen LogP contribution in [0.5, 0.6) is 0 Å². The molecule has 2 aromatic rings. The number of nitriles is 1. The first kappa shape index (κ1) is 14.0. The third-order valence-corrected chi connectivity index (χ3v) is 3.12. The second-order valence-electron chi connectivity index (χ2n) is 4.43. The maximum atomic E-state index is 13.8. The molecule has 2 aromatic carbocycles. The van der Waals surface area contributed by atoms with Crippen molar-refractivity contribution < 1.29 is 8.78 Å². The number of nitrogens with zero attached hydrogens (tertiary/aromatic N) is 1. The Bertz CT molecular complexity index is 647. The number of nitrogens with one attached hydrogen (secondary N) is 1. The Morgan fingerprint density at radius 2 is 1.95 bits per heavy atom. The summed E-state index contributed by atoms with van der Waals surface area (Å²) in [6.07, 6.45) is 0.642. The van der Waals surface area contributed by atoms with E-state index in [1.807, 2.05) is 13.0 Å². The molecule has 0 aliphatic rings. The van der Waals surface area contributed by atoms with E-state index >= 15 is 0 Å². The molecule has 0 fully saturated rings. The van der Waals surface area contributed by atoms with Crippen LogP contribution in [0.15, 0.2) is 42.5 Å². The van der Waals surface area contributed by atoms with Crippen molar-refractivity contribution in [2.45, 2.75) is 19.4 Å². The lowest BCUT2D eigenvalue weighted by Crippen LogP contribution is -2.12. The molecule has 4 heteroatoms. The van der Waals surface area contributed by atoms with Crippen molar-refractivity contribution in [1.82, 2.24) is 0 Å². The van der Waals surface area contributed by atoms with E-state index in [-0.39, 0.29) is 17.4 Å². The summed E-state index contributed by atoms with van der Waals surface area (Å²) in [6, 6.07) is 12.1. The monoisotopic (exact) mass is 272 g/mol. The van der Waals surface area contributed by atoms with Gasteiger partial charge in [-0.15, -0.1) is 0 Å². The minimum absolute atomic E-state index is 0.208. The summed E-state index contributed by atoms with van der Waals surface area (Å²) < 4.78 is 26.9. The maximum Gasteiger partial charge on any atom is 0.128 e. The number of anilines is 1. The molecular formula is C16H14F2N2. The summed E-state index contributed by atoms with van der Waals surface area (Å²) in [5.74, 6) is -0.765. The lowest BCUT2D eigenvalue weighted by atomic mass is 10.0. The second-order valence-corrected chi connectivity index (χ2v) is 4.43. The van der Waals surface area contributed by atoms with Gasteiger partial charge in [0.15, 0.2) is 0 Å². The molecule has 102 valence electrons. The summed E-state index contributed by atoms with van der Waals surface area (Å²) in [4.78, 5) is 0. The van der Waals surface area contributed by atoms with Gasteiger partial charge in [-0.3, -0.25) is 0 Å². The van der Waals surface area contributed by atoms with Crippen molar-refractivity contribution >= 4 is 5.69 Å². The lowest BCUT2D eigenvalue weighted by molar-refractivity contribution is 0.587. The lowest BCUT2D eigenvalue weighted by Gasteiger charge is -2.20. The summed E-state index contributed by atoms with van der Waals surface area (Å²) in [6.45, 7) is 1.92. The van der Waals surface area contributed by atoms with Crippen LogP contribution in [0.1, 0.15) is 30.5 Å². The van der Waals surface area contributed by atoms with Gasteiger partial charge in [0.2, 0.25) is 0 Å². The second kappa shape index (κ2) is 6.16. The molecule has 0 radical (unpaired) electrons. The Morgan fingerprint density at radius 1 is 1.20 bits per heavy atom. The van der Waals surface area contributed by atoms with E-state index in [0.29, 0.717) is 17.7 Å². The normalized spacial score (nSPS) is 11.7. The summed E-state index contributed by atoms with van der Waals surface area (Å²) >= 11 is 0. The highest BCUT2D eigenvalue weighted by Crippen LogP contribution is 2.26. The Labute approximate surface area is 116 Å². The van der Waals surface area contributed by atoms with Gasteiger partial charge in [-0.25, -0.2) is 8.78 Å². The van der Waals surface area contributed by atoms with Gasteiger partial charge in [0.25, 0.3) is 0 Å². The van der Waals surface area contributed by atoms with Gasteiger partial charge >= 0.3 is 0 Å². The standard InChI is InChI=1S/C16H14F2N2/c1-2-15(13-5-3-4-6-14(13)18)20-16-8-7-12(17)9-11(16)10-19/h3-9,15,20H,2H2,1H3. The van der Waals surface area contributed by atoms with E-state index < -0.39 is 5.82 Å². The zero-order chi connectivity index (χ0) is 14.5. The van der Waals surface area contributed by atoms with Gasteiger partial charge in [0.1, 0.15) is 17.7 Å². The van der Waals surface area contributed by atoms with Crippen LogP contribution >= 0.6 is 0 Å². The van der Waals surface area contributed by atoms with Crippen molar-refractivity contribution in [2.75, 3.05) is 5.32 Å². The molecule has 0 bridgehead atoms. The van der Waals surface area contributed by atoms with Crippen LogP contribution in [0, 0.1) is 23.0 Å². The summed E-state index contributed by atoms with van der Waals surface area (Å²) in [5.41, 5.74) is 1.24. The first-order valence-electron chi connectivity index (χ1n) is 6.36. The van der Waals surface area contributed by atoms with Crippen LogP contribution in [-0.4, -0.2) is 0 Å². The molecule has 0 aliphatic carbocycles. The average molecular weight is 272 g/mol.